The van der Waals surface area contributed by atoms with Crippen molar-refractivity contribution in [1.29, 1.82) is 0 Å². The molecule has 1 saturated heterocycles. The predicted octanol–water partition coefficient (Wildman–Crippen LogP) is 1.38. The van der Waals surface area contributed by atoms with E-state index in [4.69, 9.17) is 0 Å². The van der Waals surface area contributed by atoms with Crippen LogP contribution in [0.5, 0.6) is 0 Å². The topological polar surface area (TPSA) is 82.4 Å². The summed E-state index contributed by atoms with van der Waals surface area (Å²) in [4.78, 5) is 37.5. The Kier molecular flexibility index (Phi) is 5.03. The molecule has 1 aromatic heterocycles. The fraction of sp³-hybridized carbons (Fsp3) is 0.409. The Labute approximate surface area is 163 Å². The number of piperidine rings is 1. The van der Waals surface area contributed by atoms with E-state index in [9.17, 15) is 19.5 Å². The minimum Gasteiger partial charge on any atom is -0.550 e. The number of nitrogens with zero attached hydrogens (tertiary/aromatic N) is 2. The van der Waals surface area contributed by atoms with Gasteiger partial charge in [0.25, 0.3) is 5.56 Å². The third kappa shape index (κ3) is 3.59. The first kappa shape index (κ1) is 18.5. The summed E-state index contributed by atoms with van der Waals surface area (Å²) in [5.41, 5.74) is 3.15. The zero-order valence-electron chi connectivity index (χ0n) is 15.7. The number of fused-ring (bicyclic) bond motifs is 4. The molecule has 0 unspecified atom stereocenters. The van der Waals surface area contributed by atoms with Crippen LogP contribution in [0.4, 0.5) is 0 Å². The van der Waals surface area contributed by atoms with Crippen LogP contribution in [0, 0.1) is 5.92 Å². The van der Waals surface area contributed by atoms with Gasteiger partial charge >= 0.3 is 0 Å². The van der Waals surface area contributed by atoms with E-state index in [1.807, 2.05) is 45.9 Å². The van der Waals surface area contributed by atoms with Crippen LogP contribution in [0.2, 0.25) is 0 Å². The van der Waals surface area contributed by atoms with Crippen molar-refractivity contribution in [1.82, 2.24) is 9.47 Å². The van der Waals surface area contributed by atoms with Gasteiger partial charge in [0.2, 0.25) is 5.91 Å². The van der Waals surface area contributed by atoms with E-state index in [-0.39, 0.29) is 36.1 Å². The maximum Gasteiger partial charge on any atom is 0.250 e. The molecule has 1 fully saturated rings. The van der Waals surface area contributed by atoms with Gasteiger partial charge in [0.15, 0.2) is 0 Å². The highest BCUT2D eigenvalue weighted by Gasteiger charge is 2.37. The lowest BCUT2D eigenvalue weighted by Gasteiger charge is -2.43. The van der Waals surface area contributed by atoms with Crippen LogP contribution < -0.4 is 10.7 Å². The van der Waals surface area contributed by atoms with Gasteiger partial charge in [0.1, 0.15) is 0 Å². The molecule has 3 heterocycles. The average molecular weight is 379 g/mol. The lowest BCUT2D eigenvalue weighted by atomic mass is 9.80. The Morgan fingerprint density at radius 3 is 2.54 bits per heavy atom. The highest BCUT2D eigenvalue weighted by atomic mass is 16.4. The highest BCUT2D eigenvalue weighted by Crippen LogP contribution is 2.39. The number of amides is 1. The Hall–Kier alpha value is -2.89. The van der Waals surface area contributed by atoms with Crippen molar-refractivity contribution in [2.45, 2.75) is 38.1 Å². The van der Waals surface area contributed by atoms with Crippen LogP contribution in [0.15, 0.2) is 47.3 Å². The molecule has 0 N–H and O–H groups in total. The molecule has 0 saturated carbocycles. The standard InChI is InChI=1S/C22H24N2O4/c25-19(7-4-8-21(27)28)23-12-15-11-17(14-23)22-18(16-5-2-1-3-6-16)9-10-20(26)24(22)13-15/h1-3,5-6,9-10,15,17H,4,7-8,11-14H2,(H,27,28)/p-1/t15-,17+/m0/s1. The summed E-state index contributed by atoms with van der Waals surface area (Å²) in [6, 6.07) is 13.5. The molecule has 2 bridgehead atoms. The van der Waals surface area contributed by atoms with E-state index in [0.717, 1.165) is 23.2 Å². The van der Waals surface area contributed by atoms with Gasteiger partial charge in [-0.2, -0.15) is 0 Å². The molecule has 1 amide bonds. The van der Waals surface area contributed by atoms with E-state index in [2.05, 4.69) is 0 Å². The van der Waals surface area contributed by atoms with E-state index in [1.165, 1.54) is 0 Å². The van der Waals surface area contributed by atoms with Crippen LogP contribution in [0.3, 0.4) is 0 Å². The SMILES string of the molecule is O=C([O-])CCCC(=O)N1C[C@@H]2C[C@H](C1)c1c(-c3ccccc3)ccc(=O)n1C2. The van der Waals surface area contributed by atoms with Gasteiger partial charge < -0.3 is 19.4 Å². The molecule has 2 aromatic rings. The van der Waals surface area contributed by atoms with Gasteiger partial charge in [-0.3, -0.25) is 9.59 Å². The predicted molar refractivity (Wildman–Crippen MR) is 102 cm³/mol. The Balaban J connectivity index is 1.62. The van der Waals surface area contributed by atoms with Crippen molar-refractivity contribution >= 4 is 11.9 Å². The molecule has 1 aromatic carbocycles. The minimum absolute atomic E-state index is 0.0102. The summed E-state index contributed by atoms with van der Waals surface area (Å²) in [6.07, 6.45) is 1.40. The Morgan fingerprint density at radius 1 is 1.00 bits per heavy atom. The smallest absolute Gasteiger partial charge is 0.250 e. The molecule has 4 rings (SSSR count). The largest absolute Gasteiger partial charge is 0.550 e. The number of carbonyl (C=O) groups excluding carboxylic acids is 2. The van der Waals surface area contributed by atoms with Crippen LogP contribution in [-0.4, -0.2) is 34.4 Å². The van der Waals surface area contributed by atoms with Crippen LogP contribution in [0.25, 0.3) is 11.1 Å². The second-order valence-electron chi connectivity index (χ2n) is 7.77. The summed E-state index contributed by atoms with van der Waals surface area (Å²) >= 11 is 0. The fourth-order valence-corrected chi connectivity index (χ4v) is 4.62. The van der Waals surface area contributed by atoms with Gasteiger partial charge in [-0.25, -0.2) is 0 Å². The first-order valence-corrected chi connectivity index (χ1v) is 9.79. The minimum atomic E-state index is -1.12. The first-order valence-electron chi connectivity index (χ1n) is 9.79. The molecular formula is C22H23N2O4-. The quantitative estimate of drug-likeness (QED) is 0.786. The molecular weight excluding hydrogens is 356 g/mol. The number of aromatic nitrogens is 1. The number of rotatable bonds is 5. The number of carboxylic acid groups (broad SMARTS) is 1. The molecule has 0 aliphatic carbocycles. The van der Waals surface area contributed by atoms with Gasteiger partial charge in [-0.1, -0.05) is 30.3 Å². The monoisotopic (exact) mass is 379 g/mol. The average Bonchev–Trinajstić information content (AvgIpc) is 2.69. The zero-order valence-corrected chi connectivity index (χ0v) is 15.7. The van der Waals surface area contributed by atoms with Crippen LogP contribution in [0.1, 0.15) is 37.3 Å². The molecule has 2 atom stereocenters. The van der Waals surface area contributed by atoms with Crippen molar-refractivity contribution in [2.24, 2.45) is 5.92 Å². The summed E-state index contributed by atoms with van der Waals surface area (Å²) in [5.74, 6) is -0.769. The summed E-state index contributed by atoms with van der Waals surface area (Å²) in [7, 11) is 0. The van der Waals surface area contributed by atoms with Gasteiger partial charge in [0, 0.05) is 55.3 Å². The molecule has 6 nitrogen and oxygen atoms in total. The van der Waals surface area contributed by atoms with E-state index < -0.39 is 5.97 Å². The number of aliphatic carboxylic acids is 1. The van der Waals surface area contributed by atoms with E-state index in [0.29, 0.717) is 26.1 Å². The highest BCUT2D eigenvalue weighted by molar-refractivity contribution is 5.77. The Bertz CT molecular complexity index is 951. The molecule has 6 heteroatoms. The van der Waals surface area contributed by atoms with Crippen molar-refractivity contribution in [2.75, 3.05) is 13.1 Å². The third-order valence-electron chi connectivity index (χ3n) is 5.80. The van der Waals surface area contributed by atoms with Gasteiger partial charge in [0.05, 0.1) is 0 Å². The number of hydrogen-bond acceptors (Lipinski definition) is 4. The van der Waals surface area contributed by atoms with Gasteiger partial charge in [-0.05, 0) is 36.8 Å². The fourth-order valence-electron chi connectivity index (χ4n) is 4.62. The molecule has 0 spiro atoms. The van der Waals surface area contributed by atoms with Crippen molar-refractivity contribution in [3.8, 4) is 11.1 Å². The number of carbonyl (C=O) groups is 2. The lowest BCUT2D eigenvalue weighted by molar-refractivity contribution is -0.305. The number of pyridine rings is 1. The normalized spacial score (nSPS) is 20.5. The van der Waals surface area contributed by atoms with Gasteiger partial charge in [-0.15, -0.1) is 0 Å². The maximum absolute atomic E-state index is 12.6. The van der Waals surface area contributed by atoms with Crippen molar-refractivity contribution in [3.63, 3.8) is 0 Å². The van der Waals surface area contributed by atoms with E-state index >= 15 is 0 Å². The first-order chi connectivity index (χ1) is 13.5. The molecule has 28 heavy (non-hydrogen) atoms. The number of benzene rings is 1. The summed E-state index contributed by atoms with van der Waals surface area (Å²) in [6.45, 7) is 1.82. The number of carboxylic acids is 1. The summed E-state index contributed by atoms with van der Waals surface area (Å²) in [5, 5.41) is 10.6. The van der Waals surface area contributed by atoms with Crippen LogP contribution in [-0.2, 0) is 16.1 Å². The number of likely N-dealkylation sites (tertiary alicyclic amines) is 1. The molecule has 146 valence electrons. The molecule has 2 aliphatic rings. The Morgan fingerprint density at radius 2 is 1.79 bits per heavy atom. The second-order valence-corrected chi connectivity index (χ2v) is 7.77. The van der Waals surface area contributed by atoms with Crippen LogP contribution >= 0.6 is 0 Å². The number of hydrogen-bond donors (Lipinski definition) is 0. The second kappa shape index (κ2) is 7.62. The van der Waals surface area contributed by atoms with Crippen molar-refractivity contribution < 1.29 is 14.7 Å². The maximum atomic E-state index is 12.6. The van der Waals surface area contributed by atoms with Crippen molar-refractivity contribution in [3.05, 3.63) is 58.5 Å². The molecule has 2 aliphatic heterocycles. The van der Waals surface area contributed by atoms with E-state index in [1.54, 1.807) is 6.07 Å². The zero-order chi connectivity index (χ0) is 19.7. The third-order valence-corrected chi connectivity index (χ3v) is 5.80. The lowest BCUT2D eigenvalue weighted by Crippen LogP contribution is -2.49. The summed E-state index contributed by atoms with van der Waals surface area (Å²) < 4.78 is 1.89. The molecule has 0 radical (unpaired) electrons.